The number of nitrogen functional groups attached to an aromatic ring is 1. The molecule has 2 N–H and O–H groups in total. The first-order chi connectivity index (χ1) is 13.4. The average Bonchev–Trinajstić information content (AvgIpc) is 3.17. The molecule has 3 rings (SSSR count). The molecule has 1 fully saturated rings. The third-order valence-electron chi connectivity index (χ3n) is 5.68. The third-order valence-corrected chi connectivity index (χ3v) is 5.68. The number of carbonyl (C=O) groups excluding carboxylic acids is 1. The van der Waals surface area contributed by atoms with Crippen molar-refractivity contribution in [2.45, 2.75) is 45.2 Å². The molecule has 0 bridgehead atoms. The zero-order chi connectivity index (χ0) is 20.1. The summed E-state index contributed by atoms with van der Waals surface area (Å²) in [6, 6.07) is 12.4. The maximum atomic E-state index is 13.0. The van der Waals surface area contributed by atoms with Gasteiger partial charge < -0.3 is 10.6 Å². The van der Waals surface area contributed by atoms with Gasteiger partial charge in [-0.25, -0.2) is 9.97 Å². The Hall–Kier alpha value is -2.47. The molecule has 6 heteroatoms. The fraction of sp³-hybridized carbons (Fsp3) is 0.500. The number of hydrogen-bond donors (Lipinski definition) is 1. The molecule has 6 nitrogen and oxygen atoms in total. The zero-order valence-electron chi connectivity index (χ0n) is 17.1. The van der Waals surface area contributed by atoms with Gasteiger partial charge in [0.2, 0.25) is 5.91 Å². The Labute approximate surface area is 167 Å². The van der Waals surface area contributed by atoms with Crippen molar-refractivity contribution in [1.82, 2.24) is 19.8 Å². The number of nitrogens with zero attached hydrogens (tertiary/aromatic N) is 4. The molecule has 1 aliphatic heterocycles. The van der Waals surface area contributed by atoms with Crippen LogP contribution in [0.3, 0.4) is 0 Å². The van der Waals surface area contributed by atoms with Gasteiger partial charge in [-0.05, 0) is 36.9 Å². The van der Waals surface area contributed by atoms with Gasteiger partial charge in [0.05, 0.1) is 6.54 Å². The summed E-state index contributed by atoms with van der Waals surface area (Å²) in [5.74, 6) is 2.14. The number of aromatic nitrogens is 2. The number of likely N-dealkylation sites (N-methyl/N-ethyl adjacent to an activating group) is 1. The molecule has 1 saturated heterocycles. The molecule has 2 heterocycles. The summed E-state index contributed by atoms with van der Waals surface area (Å²) in [4.78, 5) is 25.8. The minimum Gasteiger partial charge on any atom is -0.384 e. The summed E-state index contributed by atoms with van der Waals surface area (Å²) in [5, 5.41) is 0. The molecule has 1 aliphatic rings. The minimum absolute atomic E-state index is 0.249. The van der Waals surface area contributed by atoms with E-state index in [-0.39, 0.29) is 11.8 Å². The molecule has 0 unspecified atom stereocenters. The van der Waals surface area contributed by atoms with Crippen molar-refractivity contribution in [3.63, 3.8) is 0 Å². The normalized spacial score (nSPS) is 18.0. The lowest BCUT2D eigenvalue weighted by molar-refractivity contribution is -0.131. The second-order valence-electron chi connectivity index (χ2n) is 8.06. The zero-order valence-corrected chi connectivity index (χ0v) is 17.1. The molecule has 0 saturated carbocycles. The first-order valence-corrected chi connectivity index (χ1v) is 10.0. The van der Waals surface area contributed by atoms with E-state index in [0.29, 0.717) is 30.7 Å². The van der Waals surface area contributed by atoms with Crippen molar-refractivity contribution in [3.8, 4) is 0 Å². The number of carbonyl (C=O) groups is 1. The van der Waals surface area contributed by atoms with Crippen molar-refractivity contribution in [2.75, 3.05) is 25.9 Å². The quantitative estimate of drug-likeness (QED) is 0.798. The predicted octanol–water partition coefficient (Wildman–Crippen LogP) is 2.92. The Kier molecular flexibility index (Phi) is 6.62. The summed E-state index contributed by atoms with van der Waals surface area (Å²) in [5.41, 5.74) is 6.99. The second kappa shape index (κ2) is 9.15. The van der Waals surface area contributed by atoms with Crippen LogP contribution in [0, 0.1) is 5.92 Å². The molecule has 28 heavy (non-hydrogen) atoms. The molecule has 1 amide bonds. The van der Waals surface area contributed by atoms with E-state index in [9.17, 15) is 4.79 Å². The van der Waals surface area contributed by atoms with Crippen molar-refractivity contribution in [3.05, 3.63) is 54.0 Å². The smallest absolute Gasteiger partial charge is 0.223 e. The molecule has 1 aromatic carbocycles. The van der Waals surface area contributed by atoms with E-state index in [4.69, 9.17) is 5.73 Å². The van der Waals surface area contributed by atoms with Crippen LogP contribution < -0.4 is 5.73 Å². The van der Waals surface area contributed by atoms with Crippen LogP contribution in [0.5, 0.6) is 0 Å². The van der Waals surface area contributed by atoms with Gasteiger partial charge in [0, 0.05) is 31.7 Å². The average molecular weight is 382 g/mol. The Bertz CT molecular complexity index is 780. The summed E-state index contributed by atoms with van der Waals surface area (Å²) < 4.78 is 0. The van der Waals surface area contributed by atoms with Gasteiger partial charge in [-0.1, -0.05) is 44.2 Å². The summed E-state index contributed by atoms with van der Waals surface area (Å²) in [7, 11) is 2.06. The number of anilines is 1. The fourth-order valence-corrected chi connectivity index (χ4v) is 3.93. The molecule has 1 aromatic heterocycles. The lowest BCUT2D eigenvalue weighted by Crippen LogP contribution is -2.37. The van der Waals surface area contributed by atoms with Crippen LogP contribution in [-0.2, 0) is 11.3 Å². The highest BCUT2D eigenvalue weighted by atomic mass is 16.2. The van der Waals surface area contributed by atoms with Crippen molar-refractivity contribution < 1.29 is 4.79 Å². The number of amides is 1. The van der Waals surface area contributed by atoms with E-state index >= 15 is 0 Å². The van der Waals surface area contributed by atoms with Crippen LogP contribution >= 0.6 is 0 Å². The molecule has 0 aliphatic carbocycles. The Morgan fingerprint density at radius 2 is 2.04 bits per heavy atom. The Morgan fingerprint density at radius 3 is 2.71 bits per heavy atom. The van der Waals surface area contributed by atoms with E-state index in [1.54, 1.807) is 12.3 Å². The number of rotatable bonds is 7. The Balaban J connectivity index is 1.57. The summed E-state index contributed by atoms with van der Waals surface area (Å²) in [6.07, 6.45) is 3.23. The number of nitrogens with two attached hydrogens (primary N) is 1. The van der Waals surface area contributed by atoms with Crippen LogP contribution in [0.15, 0.2) is 42.6 Å². The highest BCUT2D eigenvalue weighted by Crippen LogP contribution is 2.29. The molecular weight excluding hydrogens is 350 g/mol. The van der Waals surface area contributed by atoms with Gasteiger partial charge in [0.25, 0.3) is 0 Å². The van der Waals surface area contributed by atoms with Crippen LogP contribution in [0.1, 0.15) is 44.0 Å². The lowest BCUT2D eigenvalue weighted by atomic mass is 9.85. The molecule has 0 radical (unpaired) electrons. The number of likely N-dealkylation sites (tertiary alicyclic amines) is 1. The molecule has 2 aromatic rings. The van der Waals surface area contributed by atoms with Crippen molar-refractivity contribution in [1.29, 1.82) is 0 Å². The van der Waals surface area contributed by atoms with Crippen LogP contribution in [0.4, 0.5) is 5.82 Å². The maximum Gasteiger partial charge on any atom is 0.223 e. The van der Waals surface area contributed by atoms with E-state index in [1.807, 2.05) is 11.0 Å². The predicted molar refractivity (Wildman–Crippen MR) is 112 cm³/mol. The fourth-order valence-electron chi connectivity index (χ4n) is 3.93. The van der Waals surface area contributed by atoms with E-state index < -0.39 is 0 Å². The van der Waals surface area contributed by atoms with Gasteiger partial charge >= 0.3 is 0 Å². The molecule has 150 valence electrons. The summed E-state index contributed by atoms with van der Waals surface area (Å²) in [6.45, 7) is 6.59. The maximum absolute atomic E-state index is 13.0. The first-order valence-electron chi connectivity index (χ1n) is 10.0. The topological polar surface area (TPSA) is 75.4 Å². The van der Waals surface area contributed by atoms with Gasteiger partial charge in [-0.3, -0.25) is 9.69 Å². The molecular formula is C22H31N5O. The number of hydrogen-bond acceptors (Lipinski definition) is 5. The highest BCUT2D eigenvalue weighted by molar-refractivity contribution is 5.77. The third kappa shape index (κ3) is 5.07. The summed E-state index contributed by atoms with van der Waals surface area (Å²) >= 11 is 0. The van der Waals surface area contributed by atoms with Crippen LogP contribution in [-0.4, -0.2) is 51.9 Å². The van der Waals surface area contributed by atoms with E-state index in [0.717, 1.165) is 25.3 Å². The lowest BCUT2D eigenvalue weighted by Gasteiger charge is -2.26. The minimum atomic E-state index is 0.249. The van der Waals surface area contributed by atoms with Crippen molar-refractivity contribution >= 4 is 11.7 Å². The number of benzene rings is 1. The van der Waals surface area contributed by atoms with Gasteiger partial charge in [-0.15, -0.1) is 0 Å². The van der Waals surface area contributed by atoms with Gasteiger partial charge in [0.1, 0.15) is 11.6 Å². The second-order valence-corrected chi connectivity index (χ2v) is 8.06. The monoisotopic (exact) mass is 381 g/mol. The Morgan fingerprint density at radius 1 is 1.29 bits per heavy atom. The van der Waals surface area contributed by atoms with E-state index in [2.05, 4.69) is 60.0 Å². The van der Waals surface area contributed by atoms with Gasteiger partial charge in [0.15, 0.2) is 0 Å². The molecule has 0 spiro atoms. The first kappa shape index (κ1) is 20.3. The molecule has 2 atom stereocenters. The van der Waals surface area contributed by atoms with Crippen LogP contribution in [0.2, 0.25) is 0 Å². The van der Waals surface area contributed by atoms with E-state index in [1.165, 1.54) is 5.56 Å². The van der Waals surface area contributed by atoms with Crippen LogP contribution in [0.25, 0.3) is 0 Å². The van der Waals surface area contributed by atoms with Crippen molar-refractivity contribution in [2.24, 2.45) is 5.92 Å². The highest BCUT2D eigenvalue weighted by Gasteiger charge is 2.31. The largest absolute Gasteiger partial charge is 0.384 e. The SMILES string of the molecule is CC(C)[C@@H](CC(=O)N1CC[C@@H](N(C)Cc2nccc(N)n2)C1)c1ccccc1. The standard InChI is InChI=1S/C22H31N5O/c1-16(2)19(17-7-5-4-6-8-17)13-22(28)27-12-10-18(14-27)26(3)15-21-24-11-9-20(23)25-21/h4-9,11,16,18-19H,10,12-15H2,1-3H3,(H2,23,24,25)/t18-,19-/m1/s1. The van der Waals surface area contributed by atoms with Gasteiger partial charge in [-0.2, -0.15) is 0 Å².